The zero-order valence-electron chi connectivity index (χ0n) is 12.7. The second-order valence-electron chi connectivity index (χ2n) is 5.01. The Bertz CT molecular complexity index is 843. The highest BCUT2D eigenvalue weighted by Crippen LogP contribution is 2.17. The molecule has 2 N–H and O–H groups in total. The summed E-state index contributed by atoms with van der Waals surface area (Å²) in [7, 11) is -3.33. The molecule has 2 amide bonds. The van der Waals surface area contributed by atoms with Gasteiger partial charge in [0.1, 0.15) is 0 Å². The highest BCUT2D eigenvalue weighted by Gasteiger charge is 2.10. The normalized spacial score (nSPS) is 10.9. The number of carbonyl (C=O) groups is 2. The van der Waals surface area contributed by atoms with Gasteiger partial charge in [-0.3, -0.25) is 9.59 Å². The maximum Gasteiger partial charge on any atom is 0.255 e. The van der Waals surface area contributed by atoms with Crippen molar-refractivity contribution in [3.63, 3.8) is 0 Å². The molecule has 2 rings (SSSR count). The van der Waals surface area contributed by atoms with Crippen LogP contribution in [-0.2, 0) is 14.6 Å². The van der Waals surface area contributed by atoms with Gasteiger partial charge in [-0.2, -0.15) is 0 Å². The molecule has 0 aliphatic heterocycles. The Morgan fingerprint density at radius 1 is 0.913 bits per heavy atom. The van der Waals surface area contributed by atoms with E-state index in [0.717, 1.165) is 6.26 Å². The molecule has 0 spiro atoms. The Kier molecular flexibility index (Phi) is 4.80. The van der Waals surface area contributed by atoms with Crippen LogP contribution in [0.25, 0.3) is 0 Å². The third-order valence-electron chi connectivity index (χ3n) is 2.99. The van der Waals surface area contributed by atoms with E-state index in [-0.39, 0.29) is 16.7 Å². The van der Waals surface area contributed by atoms with Crippen LogP contribution >= 0.6 is 0 Å². The fourth-order valence-electron chi connectivity index (χ4n) is 1.92. The first-order chi connectivity index (χ1) is 10.8. The third kappa shape index (κ3) is 4.65. The number of carbonyl (C=O) groups excluding carboxylic acids is 2. The summed E-state index contributed by atoms with van der Waals surface area (Å²) in [5, 5.41) is 5.25. The molecule has 0 aliphatic carbocycles. The topological polar surface area (TPSA) is 92.3 Å². The van der Waals surface area contributed by atoms with E-state index >= 15 is 0 Å². The Hall–Kier alpha value is -2.67. The lowest BCUT2D eigenvalue weighted by Gasteiger charge is -2.08. The van der Waals surface area contributed by atoms with E-state index in [4.69, 9.17) is 0 Å². The summed E-state index contributed by atoms with van der Waals surface area (Å²) in [4.78, 5) is 23.2. The molecular formula is C16H16N2O4S. The maximum atomic E-state index is 12.2. The highest BCUT2D eigenvalue weighted by molar-refractivity contribution is 7.90. The van der Waals surface area contributed by atoms with Crippen LogP contribution in [0.2, 0.25) is 0 Å². The molecule has 0 saturated carbocycles. The Labute approximate surface area is 134 Å². The quantitative estimate of drug-likeness (QED) is 0.898. The van der Waals surface area contributed by atoms with Crippen molar-refractivity contribution in [2.24, 2.45) is 0 Å². The van der Waals surface area contributed by atoms with Gasteiger partial charge in [0.2, 0.25) is 5.91 Å². The number of hydrogen-bond donors (Lipinski definition) is 2. The van der Waals surface area contributed by atoms with Gasteiger partial charge in [0, 0.05) is 30.1 Å². The van der Waals surface area contributed by atoms with Crippen LogP contribution < -0.4 is 10.6 Å². The van der Waals surface area contributed by atoms with E-state index in [2.05, 4.69) is 10.6 Å². The van der Waals surface area contributed by atoms with Crippen LogP contribution in [0.1, 0.15) is 17.3 Å². The standard InChI is InChI=1S/C16H16N2O4S/c1-11(19)17-13-8-6-12(7-9-13)16(20)18-14-4-3-5-15(10-14)23(2,21)22/h3-10H,1-2H3,(H,17,19)(H,18,20). The first-order valence-corrected chi connectivity index (χ1v) is 8.64. The van der Waals surface area contributed by atoms with Gasteiger partial charge in [0.05, 0.1) is 4.90 Å². The van der Waals surface area contributed by atoms with E-state index in [9.17, 15) is 18.0 Å². The number of amides is 2. The average molecular weight is 332 g/mol. The lowest BCUT2D eigenvalue weighted by atomic mass is 10.2. The van der Waals surface area contributed by atoms with Gasteiger partial charge in [-0.15, -0.1) is 0 Å². The summed E-state index contributed by atoms with van der Waals surface area (Å²) in [6, 6.07) is 12.4. The van der Waals surface area contributed by atoms with Crippen molar-refractivity contribution < 1.29 is 18.0 Å². The van der Waals surface area contributed by atoms with E-state index < -0.39 is 9.84 Å². The molecule has 0 aliphatic rings. The van der Waals surface area contributed by atoms with Crippen LogP contribution in [0.15, 0.2) is 53.4 Å². The summed E-state index contributed by atoms with van der Waals surface area (Å²) in [6.45, 7) is 1.40. The molecular weight excluding hydrogens is 316 g/mol. The van der Waals surface area contributed by atoms with Crippen molar-refractivity contribution >= 4 is 33.0 Å². The number of anilines is 2. The van der Waals surface area contributed by atoms with Crippen LogP contribution in [0.5, 0.6) is 0 Å². The SMILES string of the molecule is CC(=O)Nc1ccc(C(=O)Nc2cccc(S(C)(=O)=O)c2)cc1. The minimum atomic E-state index is -3.33. The fraction of sp³-hybridized carbons (Fsp3) is 0.125. The van der Waals surface area contributed by atoms with Crippen LogP contribution in [0.3, 0.4) is 0 Å². The minimum absolute atomic E-state index is 0.135. The molecule has 120 valence electrons. The van der Waals surface area contributed by atoms with Crippen molar-refractivity contribution in [2.75, 3.05) is 16.9 Å². The van der Waals surface area contributed by atoms with Crippen LogP contribution in [0, 0.1) is 0 Å². The number of nitrogens with one attached hydrogen (secondary N) is 2. The number of rotatable bonds is 4. The summed E-state index contributed by atoms with van der Waals surface area (Å²) in [5.41, 5.74) is 1.38. The minimum Gasteiger partial charge on any atom is -0.326 e. The first kappa shape index (κ1) is 16.7. The predicted octanol–water partition coefficient (Wildman–Crippen LogP) is 2.30. The molecule has 0 heterocycles. The Morgan fingerprint density at radius 2 is 1.57 bits per heavy atom. The molecule has 2 aromatic carbocycles. The zero-order valence-corrected chi connectivity index (χ0v) is 13.5. The average Bonchev–Trinajstić information content (AvgIpc) is 2.46. The third-order valence-corrected chi connectivity index (χ3v) is 4.10. The van der Waals surface area contributed by atoms with Crippen molar-refractivity contribution in [3.05, 3.63) is 54.1 Å². The summed E-state index contributed by atoms with van der Waals surface area (Å²) in [6.07, 6.45) is 1.11. The van der Waals surface area contributed by atoms with E-state index in [1.54, 1.807) is 36.4 Å². The first-order valence-electron chi connectivity index (χ1n) is 6.75. The lowest BCUT2D eigenvalue weighted by Crippen LogP contribution is -2.12. The molecule has 7 heteroatoms. The van der Waals surface area contributed by atoms with E-state index in [1.165, 1.54) is 19.1 Å². The fourth-order valence-corrected chi connectivity index (χ4v) is 2.58. The van der Waals surface area contributed by atoms with Gasteiger partial charge in [0.25, 0.3) is 5.91 Å². The number of hydrogen-bond acceptors (Lipinski definition) is 4. The van der Waals surface area contributed by atoms with E-state index in [0.29, 0.717) is 16.9 Å². The molecule has 0 unspecified atom stereocenters. The summed E-state index contributed by atoms with van der Waals surface area (Å²) < 4.78 is 23.0. The molecule has 2 aromatic rings. The van der Waals surface area contributed by atoms with Crippen molar-refractivity contribution in [1.82, 2.24) is 0 Å². The van der Waals surface area contributed by atoms with Gasteiger partial charge >= 0.3 is 0 Å². The highest BCUT2D eigenvalue weighted by atomic mass is 32.2. The largest absolute Gasteiger partial charge is 0.326 e. The molecule has 0 bridgehead atoms. The van der Waals surface area contributed by atoms with Crippen molar-refractivity contribution in [3.8, 4) is 0 Å². The second-order valence-corrected chi connectivity index (χ2v) is 7.03. The smallest absolute Gasteiger partial charge is 0.255 e. The van der Waals surface area contributed by atoms with Gasteiger partial charge in [-0.1, -0.05) is 6.07 Å². The second kappa shape index (κ2) is 6.62. The van der Waals surface area contributed by atoms with Crippen molar-refractivity contribution in [2.45, 2.75) is 11.8 Å². The molecule has 6 nitrogen and oxygen atoms in total. The monoisotopic (exact) mass is 332 g/mol. The van der Waals surface area contributed by atoms with Crippen LogP contribution in [-0.4, -0.2) is 26.5 Å². The van der Waals surface area contributed by atoms with Gasteiger partial charge in [0.15, 0.2) is 9.84 Å². The Morgan fingerprint density at radius 3 is 2.13 bits per heavy atom. The van der Waals surface area contributed by atoms with Gasteiger partial charge in [-0.05, 0) is 42.5 Å². The maximum absolute atomic E-state index is 12.2. The number of sulfone groups is 1. The van der Waals surface area contributed by atoms with Crippen molar-refractivity contribution in [1.29, 1.82) is 0 Å². The van der Waals surface area contributed by atoms with Gasteiger partial charge < -0.3 is 10.6 Å². The van der Waals surface area contributed by atoms with E-state index in [1.807, 2.05) is 0 Å². The molecule has 0 saturated heterocycles. The Balaban J connectivity index is 2.14. The van der Waals surface area contributed by atoms with Gasteiger partial charge in [-0.25, -0.2) is 8.42 Å². The summed E-state index contributed by atoms with van der Waals surface area (Å²) >= 11 is 0. The zero-order chi connectivity index (χ0) is 17.0. The lowest BCUT2D eigenvalue weighted by molar-refractivity contribution is -0.114. The van der Waals surface area contributed by atoms with Crippen LogP contribution in [0.4, 0.5) is 11.4 Å². The predicted molar refractivity (Wildman–Crippen MR) is 88.3 cm³/mol. The molecule has 0 aromatic heterocycles. The molecule has 0 atom stereocenters. The molecule has 0 radical (unpaired) electrons. The molecule has 0 fully saturated rings. The number of benzene rings is 2. The molecule has 23 heavy (non-hydrogen) atoms. The summed E-state index contributed by atoms with van der Waals surface area (Å²) in [5.74, 6) is -0.565.